The Morgan fingerprint density at radius 2 is 0.847 bits per heavy atom. The minimum Gasteiger partial charge on any atom is -0.399 e. The number of isocyanates is 1. The molecule has 1 saturated heterocycles. The Morgan fingerprint density at radius 3 is 1.30 bits per heavy atom. The van der Waals surface area contributed by atoms with Gasteiger partial charge in [-0.1, -0.05) is 225 Å². The van der Waals surface area contributed by atoms with E-state index in [0.29, 0.717) is 138 Å². The van der Waals surface area contributed by atoms with Gasteiger partial charge >= 0.3 is 12.1 Å². The lowest BCUT2D eigenvalue weighted by atomic mass is 10.0. The van der Waals surface area contributed by atoms with E-state index < -0.39 is 30.0 Å². The van der Waals surface area contributed by atoms with Crippen molar-refractivity contribution in [1.29, 1.82) is 0 Å². The molecule has 19 nitrogen and oxygen atoms in total. The number of amides is 4. The van der Waals surface area contributed by atoms with E-state index in [0.717, 1.165) is 40.0 Å². The van der Waals surface area contributed by atoms with Crippen molar-refractivity contribution in [3.05, 3.63) is 444 Å². The van der Waals surface area contributed by atoms with E-state index >= 15 is 0 Å². The van der Waals surface area contributed by atoms with Gasteiger partial charge in [0, 0.05) is 109 Å². The number of aryl methyl sites for hydroxylation is 2. The summed E-state index contributed by atoms with van der Waals surface area (Å²) in [5, 5.41) is 39.5. The SMILES string of the molecule is Nc1ccc(Br)cc1.O=C=Nc1ccc(Cl)cc1.[C-]#[N+]c1cc(Cl)cc(C(=O)CBr)c1.[C-]#[N+]c1cc(Cl)cc(C(=O)CCc2ccc(Br)cc2)c1.[C-]#[N+]c1cc(Cl)cc(C(O)CCc2ccc(Br)cc2)c1.[C-]#[N+]c1cc(Cl)cc(C(O)CN(C(=O)Nc2ccc(Cl)cc2)c2ccc(Br)cc2)c1.[C-]#[N+]c1cc(Cl)cc(C2(O)CN(c3ccc(Br)cc3)C(=O)N2c2ccc(Cl)cc2)c1. The zero-order valence-corrected chi connectivity index (χ0v) is 83.6. The molecule has 1 fully saturated rings. The van der Waals surface area contributed by atoms with Crippen molar-refractivity contribution in [3.63, 3.8) is 0 Å². The summed E-state index contributed by atoms with van der Waals surface area (Å²) in [5.74, 6) is -0.0762. The molecular weight excluding hydrogens is 2220 g/mol. The molecule has 1 heterocycles. The quantitative estimate of drug-likeness (QED) is 0.0129. The highest BCUT2D eigenvalue weighted by molar-refractivity contribution is 9.11. The number of ketones is 2. The summed E-state index contributed by atoms with van der Waals surface area (Å²) in [6.45, 7) is 35.2. The average molecular weight is 2290 g/mol. The number of carbonyl (C=O) groups excluding carboxylic acids is 5. The number of aliphatic hydroxyl groups is 3. The third-order valence-electron chi connectivity index (χ3n) is 18.4. The van der Waals surface area contributed by atoms with Gasteiger partial charge in [0.1, 0.15) is 0 Å². The number of aliphatic hydroxyl groups excluding tert-OH is 2. The zero-order chi connectivity index (χ0) is 95.4. The number of carbonyl (C=O) groups is 4. The molecule has 0 bridgehead atoms. The van der Waals surface area contributed by atoms with E-state index in [1.807, 2.05) is 84.9 Å². The number of urea groups is 2. The average Bonchev–Trinajstić information content (AvgIpc) is 1.58. The number of nitrogens with one attached hydrogen (secondary N) is 1. The molecule has 13 aromatic rings. The summed E-state index contributed by atoms with van der Waals surface area (Å²) >= 11 is 67.2. The lowest BCUT2D eigenvalue weighted by Gasteiger charge is -2.32. The summed E-state index contributed by atoms with van der Waals surface area (Å²) in [7, 11) is 0. The normalized spacial score (nSPS) is 12.4. The third-order valence-corrected chi connectivity index (χ3v) is 23.4. The molecule has 1 aliphatic heterocycles. The number of nitrogens with two attached hydrogens (primary N) is 1. The first-order valence-corrected chi connectivity index (χ1v) is 46.4. The number of β-amino-alcohol motifs (C(OH)–C–C–N with tert-alkyl or cyclic N) is 1. The highest BCUT2D eigenvalue weighted by atomic mass is 79.9. The van der Waals surface area contributed by atoms with Crippen LogP contribution in [0.5, 0.6) is 0 Å². The van der Waals surface area contributed by atoms with Crippen LogP contribution in [0.2, 0.25) is 40.2 Å². The van der Waals surface area contributed by atoms with Gasteiger partial charge in [0.15, 0.2) is 45.7 Å². The number of alkyl halides is 1. The van der Waals surface area contributed by atoms with E-state index in [2.05, 4.69) is 130 Å². The third kappa shape index (κ3) is 34.2. The van der Waals surface area contributed by atoms with E-state index in [-0.39, 0.29) is 35.7 Å². The summed E-state index contributed by atoms with van der Waals surface area (Å²) in [6, 6.07) is 80.6. The predicted molar refractivity (Wildman–Crippen MR) is 550 cm³/mol. The molecule has 4 amide bonds. The lowest BCUT2D eigenvalue weighted by molar-refractivity contribution is 0.0656. The Bertz CT molecular complexity index is 6370. The minimum atomic E-state index is -1.75. The molecule has 33 heteroatoms. The van der Waals surface area contributed by atoms with Gasteiger partial charge in [-0.2, -0.15) is 4.99 Å². The predicted octanol–water partition coefficient (Wildman–Crippen LogP) is 32.3. The Kier molecular flexibility index (Phi) is 43.0. The molecule has 0 radical (unpaired) electrons. The monoisotopic (exact) mass is 2280 g/mol. The molecule has 3 unspecified atom stereocenters. The highest BCUT2D eigenvalue weighted by Gasteiger charge is 2.51. The molecule has 14 rings (SSSR count). The minimum absolute atomic E-state index is 0.000295. The van der Waals surface area contributed by atoms with Crippen LogP contribution in [0.25, 0.3) is 24.2 Å². The van der Waals surface area contributed by atoms with Crippen LogP contribution in [0, 0.1) is 32.9 Å². The van der Waals surface area contributed by atoms with Crippen molar-refractivity contribution in [2.24, 2.45) is 4.99 Å². The van der Waals surface area contributed by atoms with Gasteiger partial charge in [-0.05, 0) is 296 Å². The summed E-state index contributed by atoms with van der Waals surface area (Å²) < 4.78 is 4.86. The second-order valence-electron chi connectivity index (χ2n) is 27.7. The van der Waals surface area contributed by atoms with Crippen LogP contribution in [-0.4, -0.2) is 63.4 Å². The Balaban J connectivity index is 0.000000196. The number of anilines is 5. The zero-order valence-electron chi connectivity index (χ0n) is 68.0. The van der Waals surface area contributed by atoms with Crippen molar-refractivity contribution in [2.45, 2.75) is 43.6 Å². The lowest BCUT2D eigenvalue weighted by Crippen LogP contribution is -2.44. The topological polar surface area (TPSA) is 228 Å². The van der Waals surface area contributed by atoms with Gasteiger partial charge in [-0.15, -0.1) is 0 Å². The number of nitrogen functional groups attached to an aromatic ring is 1. The van der Waals surface area contributed by atoms with Crippen LogP contribution in [0.1, 0.15) is 73.6 Å². The molecule has 131 heavy (non-hydrogen) atoms. The molecule has 1 aliphatic rings. The van der Waals surface area contributed by atoms with Crippen LogP contribution in [0.4, 0.5) is 72.2 Å². The molecule has 6 N–H and O–H groups in total. The van der Waals surface area contributed by atoms with Gasteiger partial charge in [0.25, 0.3) is 0 Å². The van der Waals surface area contributed by atoms with Gasteiger partial charge in [-0.3, -0.25) is 24.3 Å². The number of rotatable bonds is 19. The number of Topliss-reactive ketones (excluding diaryl/α,β-unsaturated/α-hetero) is 2. The van der Waals surface area contributed by atoms with Crippen LogP contribution in [0.15, 0.2) is 312 Å². The van der Waals surface area contributed by atoms with E-state index in [9.17, 15) is 39.3 Å². The fourth-order valence-electron chi connectivity index (χ4n) is 12.0. The van der Waals surface area contributed by atoms with Crippen molar-refractivity contribution >= 4 is 281 Å². The van der Waals surface area contributed by atoms with Crippen molar-refractivity contribution < 1.29 is 39.3 Å². The molecule has 3 atom stereocenters. The number of hydrogen-bond donors (Lipinski definition) is 5. The molecule has 662 valence electrons. The van der Waals surface area contributed by atoms with Crippen molar-refractivity contribution in [1.82, 2.24) is 0 Å². The molecular formula is C98H69Br6Cl8N11O8. The highest BCUT2D eigenvalue weighted by Crippen LogP contribution is 2.43. The van der Waals surface area contributed by atoms with Crippen LogP contribution in [0.3, 0.4) is 0 Å². The number of aliphatic imine (C=N–C) groups is 1. The van der Waals surface area contributed by atoms with Crippen LogP contribution >= 0.6 is 188 Å². The maximum Gasteiger partial charge on any atom is 0.331 e. The van der Waals surface area contributed by atoms with E-state index in [4.69, 9.17) is 131 Å². The number of hydrogen-bond acceptors (Lipinski definition) is 10. The second kappa shape index (κ2) is 53.2. The standard InChI is InChI=1S/C22H14BrCl2N3O2.C22H16BrCl2N3O2.C16H13BrClNO.C16H11BrClNO.C9H5BrClNO.C7H4ClNO.C6H6BrN/c1-26-18-11-14(10-17(25)12-18)22(30)13-27(19-6-2-15(23)3-7-19)21(29)28(22)20-8-4-16(24)5-9-20;1-26-19-11-14(10-17(25)12-19)21(29)13-28(20-8-2-15(23)3-9-20)22(30)27-18-6-4-16(24)5-7-18;2*1-19-15-9-12(8-14(18)10-15)16(20)7-4-11-2-5-13(17)6-3-11;1-12-8-3-6(9(13)5-10)2-7(11)4-8;8-6-1-3-7(4-2-6)9-5-10;7-5-1-3-6(8)4-2-5/h2-12,30H,13H2;2-12,21,29H,13H2,(H,27,30);2-3,5-6,8-10,16,20H,4,7H2;2-3,5-6,8-10H,4,7H2;2-4H,5H2;1-4H;1-4H,8H2. The largest absolute Gasteiger partial charge is 0.399 e. The first kappa shape index (κ1) is 106. The summed E-state index contributed by atoms with van der Waals surface area (Å²) in [5.41, 5.74) is 13.9. The molecule has 0 saturated carbocycles. The molecule has 0 spiro atoms. The first-order chi connectivity index (χ1) is 62.6. The van der Waals surface area contributed by atoms with E-state index in [1.54, 1.807) is 176 Å². The first-order valence-electron chi connectivity index (χ1n) is 38.3. The summed E-state index contributed by atoms with van der Waals surface area (Å²) in [4.78, 5) is 83.8. The van der Waals surface area contributed by atoms with Crippen LogP contribution in [-0.2, 0) is 23.4 Å². The number of nitrogens with zero attached hydrogens (tertiary/aromatic N) is 9. The second-order valence-corrected chi connectivity index (χ2v) is 36.3. The van der Waals surface area contributed by atoms with Crippen molar-refractivity contribution in [3.8, 4) is 0 Å². The Morgan fingerprint density at radius 1 is 0.466 bits per heavy atom. The van der Waals surface area contributed by atoms with E-state index in [1.165, 1.54) is 50.6 Å². The fourth-order valence-corrected chi connectivity index (χ4v) is 15.2. The Labute approximate surface area is 847 Å². The number of benzene rings is 13. The maximum atomic E-state index is 13.5. The number of halogens is 14. The molecule has 13 aromatic carbocycles. The maximum absolute atomic E-state index is 13.5. The van der Waals surface area contributed by atoms with Gasteiger partial charge < -0.3 is 26.4 Å². The van der Waals surface area contributed by atoms with Gasteiger partial charge in [0.05, 0.1) is 69.2 Å². The Hall–Kier alpha value is -10.6. The fraction of sp³-hybridized carbons (Fsp3) is 0.102. The smallest absolute Gasteiger partial charge is 0.331 e. The van der Waals surface area contributed by atoms with Gasteiger partial charge in [-0.25, -0.2) is 38.6 Å². The van der Waals surface area contributed by atoms with Gasteiger partial charge in [0.2, 0.25) is 6.08 Å². The van der Waals surface area contributed by atoms with Crippen LogP contribution < -0.4 is 25.8 Å². The summed E-state index contributed by atoms with van der Waals surface area (Å²) in [6.07, 6.45) is 2.21. The van der Waals surface area contributed by atoms with Crippen molar-refractivity contribution in [2.75, 3.05) is 44.2 Å². The molecule has 0 aliphatic carbocycles. The molecule has 0 aromatic heterocycles.